The van der Waals surface area contributed by atoms with Gasteiger partial charge in [0.05, 0.1) is 12.1 Å². The van der Waals surface area contributed by atoms with Crippen LogP contribution in [0.5, 0.6) is 0 Å². The summed E-state index contributed by atoms with van der Waals surface area (Å²) in [5.41, 5.74) is 3.53. The fourth-order valence-corrected chi connectivity index (χ4v) is 4.14. The standard InChI is InChI=1S/C25H31N7O2/c1-2-3-9-23(25(34)27-20-7-6-8-22(17-20)31-14-4-5-15-31)28-24(33)16-19-10-12-21(13-11-19)32-18-26-29-30-32/h6-8,10-13,17-18,23H,2-5,9,14-16H2,1H3,(H,27,34)(H,28,33). The summed E-state index contributed by atoms with van der Waals surface area (Å²) in [5, 5.41) is 17.0. The van der Waals surface area contributed by atoms with Gasteiger partial charge >= 0.3 is 0 Å². The second-order valence-electron chi connectivity index (χ2n) is 8.59. The Morgan fingerprint density at radius 3 is 2.56 bits per heavy atom. The van der Waals surface area contributed by atoms with E-state index in [0.29, 0.717) is 6.42 Å². The molecule has 4 rings (SSSR count). The van der Waals surface area contributed by atoms with E-state index in [1.807, 2.05) is 42.5 Å². The summed E-state index contributed by atoms with van der Waals surface area (Å²) in [6.45, 7) is 4.16. The number of aromatic nitrogens is 4. The first kappa shape index (κ1) is 23.4. The zero-order valence-corrected chi connectivity index (χ0v) is 19.5. The van der Waals surface area contributed by atoms with Crippen molar-refractivity contribution in [2.45, 2.75) is 51.5 Å². The summed E-state index contributed by atoms with van der Waals surface area (Å²) >= 11 is 0. The number of amides is 2. The van der Waals surface area contributed by atoms with E-state index < -0.39 is 6.04 Å². The van der Waals surface area contributed by atoms with Gasteiger partial charge in [0.25, 0.3) is 0 Å². The van der Waals surface area contributed by atoms with Crippen molar-refractivity contribution < 1.29 is 9.59 Å². The van der Waals surface area contributed by atoms with Crippen molar-refractivity contribution >= 4 is 23.2 Å². The van der Waals surface area contributed by atoms with Crippen LogP contribution in [-0.4, -0.2) is 51.2 Å². The van der Waals surface area contributed by atoms with E-state index in [2.05, 4.69) is 44.0 Å². The number of nitrogens with one attached hydrogen (secondary N) is 2. The molecule has 1 unspecified atom stereocenters. The van der Waals surface area contributed by atoms with Crippen LogP contribution in [0.4, 0.5) is 11.4 Å². The molecule has 0 aliphatic carbocycles. The number of hydrogen-bond donors (Lipinski definition) is 2. The fraction of sp³-hybridized carbons (Fsp3) is 0.400. The van der Waals surface area contributed by atoms with Gasteiger partial charge in [0.15, 0.2) is 0 Å². The molecule has 1 atom stereocenters. The Morgan fingerprint density at radius 1 is 1.06 bits per heavy atom. The number of carbonyl (C=O) groups is 2. The molecule has 3 aromatic rings. The molecule has 178 valence electrons. The summed E-state index contributed by atoms with van der Waals surface area (Å²) in [6.07, 6.45) is 6.49. The van der Waals surface area contributed by atoms with Gasteiger partial charge < -0.3 is 15.5 Å². The predicted octanol–water partition coefficient (Wildman–Crippen LogP) is 3.12. The highest BCUT2D eigenvalue weighted by Crippen LogP contribution is 2.23. The lowest BCUT2D eigenvalue weighted by molar-refractivity contribution is -0.126. The molecule has 0 saturated carbocycles. The summed E-state index contributed by atoms with van der Waals surface area (Å²) < 4.78 is 1.55. The number of unbranched alkanes of at least 4 members (excludes halogenated alkanes) is 1. The first-order valence-corrected chi connectivity index (χ1v) is 11.9. The predicted molar refractivity (Wildman–Crippen MR) is 131 cm³/mol. The number of hydrogen-bond acceptors (Lipinski definition) is 6. The zero-order valence-electron chi connectivity index (χ0n) is 19.5. The number of tetrazole rings is 1. The molecule has 1 aliphatic rings. The van der Waals surface area contributed by atoms with Gasteiger partial charge in [-0.25, -0.2) is 4.68 Å². The highest BCUT2D eigenvalue weighted by molar-refractivity contribution is 5.97. The maximum Gasteiger partial charge on any atom is 0.246 e. The van der Waals surface area contributed by atoms with Gasteiger partial charge in [-0.1, -0.05) is 38.0 Å². The largest absolute Gasteiger partial charge is 0.371 e. The SMILES string of the molecule is CCCCC(NC(=O)Cc1ccc(-n2cnnn2)cc1)C(=O)Nc1cccc(N2CCCC2)c1. The van der Waals surface area contributed by atoms with E-state index in [4.69, 9.17) is 0 Å². The Hall–Kier alpha value is -3.75. The first-order valence-electron chi connectivity index (χ1n) is 11.9. The Kier molecular flexibility index (Phi) is 7.85. The van der Waals surface area contributed by atoms with E-state index in [-0.39, 0.29) is 18.2 Å². The van der Waals surface area contributed by atoms with Gasteiger partial charge in [0.2, 0.25) is 11.8 Å². The summed E-state index contributed by atoms with van der Waals surface area (Å²) in [5.74, 6) is -0.369. The van der Waals surface area contributed by atoms with E-state index in [1.54, 1.807) is 4.68 Å². The topological polar surface area (TPSA) is 105 Å². The molecule has 1 aromatic heterocycles. The maximum atomic E-state index is 13.1. The molecule has 9 nitrogen and oxygen atoms in total. The molecular weight excluding hydrogens is 430 g/mol. The monoisotopic (exact) mass is 461 g/mol. The number of anilines is 2. The van der Waals surface area contributed by atoms with E-state index in [1.165, 1.54) is 19.2 Å². The third-order valence-electron chi connectivity index (χ3n) is 6.00. The van der Waals surface area contributed by atoms with Crippen LogP contribution >= 0.6 is 0 Å². The molecule has 2 aromatic carbocycles. The summed E-state index contributed by atoms with van der Waals surface area (Å²) in [6, 6.07) is 14.8. The number of nitrogens with zero attached hydrogens (tertiary/aromatic N) is 5. The van der Waals surface area contributed by atoms with Gasteiger partial charge in [-0.15, -0.1) is 5.10 Å². The van der Waals surface area contributed by atoms with Crippen LogP contribution in [0, 0.1) is 0 Å². The normalized spacial score (nSPS) is 14.1. The lowest BCUT2D eigenvalue weighted by atomic mass is 10.1. The van der Waals surface area contributed by atoms with E-state index >= 15 is 0 Å². The van der Waals surface area contributed by atoms with Crippen LogP contribution in [0.2, 0.25) is 0 Å². The van der Waals surface area contributed by atoms with Crippen molar-refractivity contribution in [1.29, 1.82) is 0 Å². The highest BCUT2D eigenvalue weighted by atomic mass is 16.2. The average Bonchev–Trinajstić information content (AvgIpc) is 3.57. The lowest BCUT2D eigenvalue weighted by Crippen LogP contribution is -2.44. The molecule has 2 amide bonds. The lowest BCUT2D eigenvalue weighted by Gasteiger charge is -2.21. The molecular formula is C25H31N7O2. The van der Waals surface area contributed by atoms with Crippen LogP contribution in [-0.2, 0) is 16.0 Å². The Morgan fingerprint density at radius 2 is 1.85 bits per heavy atom. The zero-order chi connectivity index (χ0) is 23.8. The molecule has 2 heterocycles. The molecule has 0 radical (unpaired) electrons. The van der Waals surface area contributed by atoms with Crippen molar-refractivity contribution in [1.82, 2.24) is 25.5 Å². The molecule has 2 N–H and O–H groups in total. The third kappa shape index (κ3) is 6.18. The van der Waals surface area contributed by atoms with E-state index in [9.17, 15) is 9.59 Å². The molecule has 9 heteroatoms. The van der Waals surface area contributed by atoms with Crippen LogP contribution in [0.15, 0.2) is 54.9 Å². The van der Waals surface area contributed by atoms with Gasteiger partial charge in [0.1, 0.15) is 12.4 Å². The Bertz CT molecular complexity index is 1080. The van der Waals surface area contributed by atoms with Crippen LogP contribution in [0.3, 0.4) is 0 Å². The number of rotatable bonds is 10. The first-order chi connectivity index (χ1) is 16.6. The molecule has 34 heavy (non-hydrogen) atoms. The minimum atomic E-state index is -0.580. The summed E-state index contributed by atoms with van der Waals surface area (Å²) in [4.78, 5) is 28.1. The Labute approximate surface area is 199 Å². The van der Waals surface area contributed by atoms with Crippen molar-refractivity contribution in [2.24, 2.45) is 0 Å². The molecule has 1 aliphatic heterocycles. The van der Waals surface area contributed by atoms with Crippen molar-refractivity contribution in [3.05, 3.63) is 60.4 Å². The van der Waals surface area contributed by atoms with Gasteiger partial charge in [0, 0.05) is 24.5 Å². The van der Waals surface area contributed by atoms with Crippen LogP contribution in [0.1, 0.15) is 44.6 Å². The van der Waals surface area contributed by atoms with Gasteiger partial charge in [-0.05, 0) is 65.6 Å². The highest BCUT2D eigenvalue weighted by Gasteiger charge is 2.21. The van der Waals surface area contributed by atoms with Crippen molar-refractivity contribution in [2.75, 3.05) is 23.3 Å². The number of benzene rings is 2. The molecule has 1 saturated heterocycles. The minimum Gasteiger partial charge on any atom is -0.371 e. The van der Waals surface area contributed by atoms with Gasteiger partial charge in [-0.2, -0.15) is 0 Å². The summed E-state index contributed by atoms with van der Waals surface area (Å²) in [7, 11) is 0. The molecule has 0 bridgehead atoms. The smallest absolute Gasteiger partial charge is 0.246 e. The number of carbonyl (C=O) groups excluding carboxylic acids is 2. The minimum absolute atomic E-state index is 0.183. The fourth-order valence-electron chi connectivity index (χ4n) is 4.14. The van der Waals surface area contributed by atoms with Gasteiger partial charge in [-0.3, -0.25) is 9.59 Å². The second-order valence-corrected chi connectivity index (χ2v) is 8.59. The molecule has 1 fully saturated rings. The van der Waals surface area contributed by atoms with Crippen molar-refractivity contribution in [3.63, 3.8) is 0 Å². The third-order valence-corrected chi connectivity index (χ3v) is 6.00. The van der Waals surface area contributed by atoms with Crippen molar-refractivity contribution in [3.8, 4) is 5.69 Å². The molecule has 0 spiro atoms. The second kappa shape index (κ2) is 11.4. The maximum absolute atomic E-state index is 13.1. The quantitative estimate of drug-likeness (QED) is 0.481. The average molecular weight is 462 g/mol. The van der Waals surface area contributed by atoms with E-state index in [0.717, 1.165) is 48.6 Å². The van der Waals surface area contributed by atoms with Crippen LogP contribution in [0.25, 0.3) is 5.69 Å². The van der Waals surface area contributed by atoms with Crippen LogP contribution < -0.4 is 15.5 Å². The Balaban J connectivity index is 1.36.